The van der Waals surface area contributed by atoms with Crippen LogP contribution in [-0.4, -0.2) is 18.7 Å². The van der Waals surface area contributed by atoms with E-state index in [-0.39, 0.29) is 5.91 Å². The monoisotopic (exact) mass is 344 g/mol. The lowest BCUT2D eigenvalue weighted by Gasteiger charge is -2.06. The minimum Gasteiger partial charge on any atom is -0.494 e. The Balaban J connectivity index is 1.87. The van der Waals surface area contributed by atoms with Gasteiger partial charge in [0, 0.05) is 10.6 Å². The van der Waals surface area contributed by atoms with Crippen molar-refractivity contribution in [2.24, 2.45) is 5.10 Å². The van der Waals surface area contributed by atoms with E-state index in [4.69, 9.17) is 16.3 Å². The van der Waals surface area contributed by atoms with Crippen LogP contribution in [0.3, 0.4) is 0 Å². The fraction of sp³-hybridized carbons (Fsp3) is 0.263. The van der Waals surface area contributed by atoms with Crippen molar-refractivity contribution in [1.82, 2.24) is 5.43 Å². The van der Waals surface area contributed by atoms with E-state index >= 15 is 0 Å². The maximum atomic E-state index is 11.9. The Morgan fingerprint density at radius 1 is 1.21 bits per heavy atom. The summed E-state index contributed by atoms with van der Waals surface area (Å²) in [6, 6.07) is 14.2. The Hall–Kier alpha value is -2.33. The summed E-state index contributed by atoms with van der Waals surface area (Å²) in [6.07, 6.45) is 4.97. The average molecular weight is 345 g/mol. The van der Waals surface area contributed by atoms with Gasteiger partial charge in [0.15, 0.2) is 0 Å². The predicted octanol–water partition coefficient (Wildman–Crippen LogP) is 4.67. The van der Waals surface area contributed by atoms with E-state index in [2.05, 4.69) is 17.5 Å². The van der Waals surface area contributed by atoms with Gasteiger partial charge in [-0.15, -0.1) is 0 Å². The van der Waals surface area contributed by atoms with Gasteiger partial charge in [-0.2, -0.15) is 5.10 Å². The first kappa shape index (κ1) is 18.0. The highest BCUT2D eigenvalue weighted by molar-refractivity contribution is 6.30. The Morgan fingerprint density at radius 2 is 2.00 bits per heavy atom. The molecule has 0 aliphatic heterocycles. The van der Waals surface area contributed by atoms with E-state index in [9.17, 15) is 4.79 Å². The molecule has 0 unspecified atom stereocenters. The molecule has 0 atom stereocenters. The Kier molecular flexibility index (Phi) is 7.30. The summed E-state index contributed by atoms with van der Waals surface area (Å²) in [5.41, 5.74) is 3.86. The number of carbonyl (C=O) groups excluding carboxylic acids is 1. The van der Waals surface area contributed by atoms with Gasteiger partial charge in [-0.3, -0.25) is 4.79 Å². The van der Waals surface area contributed by atoms with Crippen molar-refractivity contribution >= 4 is 23.7 Å². The van der Waals surface area contributed by atoms with E-state index in [0.29, 0.717) is 17.2 Å². The van der Waals surface area contributed by atoms with E-state index in [1.54, 1.807) is 30.5 Å². The normalized spacial score (nSPS) is 10.8. The average Bonchev–Trinajstić information content (AvgIpc) is 2.60. The molecule has 0 bridgehead atoms. The molecule has 126 valence electrons. The number of benzene rings is 2. The summed E-state index contributed by atoms with van der Waals surface area (Å²) in [5.74, 6) is 0.522. The van der Waals surface area contributed by atoms with Crippen LogP contribution in [0.25, 0.3) is 0 Å². The van der Waals surface area contributed by atoms with Crippen LogP contribution in [0.15, 0.2) is 53.6 Å². The van der Waals surface area contributed by atoms with Gasteiger partial charge >= 0.3 is 0 Å². The quantitative estimate of drug-likeness (QED) is 0.429. The van der Waals surface area contributed by atoms with Gasteiger partial charge in [0.1, 0.15) is 5.75 Å². The number of rotatable bonds is 8. The third-order valence-electron chi connectivity index (χ3n) is 3.36. The Morgan fingerprint density at radius 3 is 2.75 bits per heavy atom. The molecule has 5 heteroatoms. The number of nitrogens with one attached hydrogen (secondary N) is 1. The van der Waals surface area contributed by atoms with Gasteiger partial charge in [0.05, 0.1) is 12.8 Å². The van der Waals surface area contributed by atoms with Gasteiger partial charge in [0.2, 0.25) is 0 Å². The minimum atomic E-state index is -0.283. The third-order valence-corrected chi connectivity index (χ3v) is 3.61. The molecule has 2 rings (SSSR count). The van der Waals surface area contributed by atoms with Crippen molar-refractivity contribution in [2.75, 3.05) is 6.61 Å². The highest BCUT2D eigenvalue weighted by Crippen LogP contribution is 2.13. The second-order valence-corrected chi connectivity index (χ2v) is 5.77. The van der Waals surface area contributed by atoms with Crippen molar-refractivity contribution in [3.63, 3.8) is 0 Å². The first-order valence-electron chi connectivity index (χ1n) is 8.01. The van der Waals surface area contributed by atoms with Crippen LogP contribution < -0.4 is 10.2 Å². The number of carbonyl (C=O) groups is 1. The molecule has 0 fully saturated rings. The second-order valence-electron chi connectivity index (χ2n) is 5.33. The lowest BCUT2D eigenvalue weighted by molar-refractivity contribution is 0.0955. The molecule has 0 saturated heterocycles. The van der Waals surface area contributed by atoms with Crippen LogP contribution in [0, 0.1) is 0 Å². The molecule has 1 amide bonds. The van der Waals surface area contributed by atoms with Crippen molar-refractivity contribution in [3.05, 3.63) is 64.7 Å². The van der Waals surface area contributed by atoms with E-state index in [1.807, 2.05) is 24.3 Å². The minimum absolute atomic E-state index is 0.283. The van der Waals surface area contributed by atoms with Crippen LogP contribution in [0.5, 0.6) is 5.75 Å². The SMILES string of the molecule is CCCCCOc1cccc(/C=N/NC(=O)c2ccc(Cl)cc2)c1. The second kappa shape index (κ2) is 9.73. The lowest BCUT2D eigenvalue weighted by atomic mass is 10.2. The molecule has 2 aromatic carbocycles. The third kappa shape index (κ3) is 6.05. The first-order valence-corrected chi connectivity index (χ1v) is 8.38. The van der Waals surface area contributed by atoms with Crippen LogP contribution in [-0.2, 0) is 0 Å². The van der Waals surface area contributed by atoms with E-state index in [0.717, 1.165) is 24.2 Å². The maximum Gasteiger partial charge on any atom is 0.271 e. The molecule has 0 radical (unpaired) electrons. The lowest BCUT2D eigenvalue weighted by Crippen LogP contribution is -2.17. The largest absolute Gasteiger partial charge is 0.494 e. The highest BCUT2D eigenvalue weighted by Gasteiger charge is 2.03. The zero-order chi connectivity index (χ0) is 17.2. The van der Waals surface area contributed by atoms with Crippen molar-refractivity contribution in [3.8, 4) is 5.75 Å². The molecule has 0 heterocycles. The van der Waals surface area contributed by atoms with Crippen LogP contribution >= 0.6 is 11.6 Å². The summed E-state index contributed by atoms with van der Waals surface area (Å²) >= 11 is 5.80. The van der Waals surface area contributed by atoms with Gasteiger partial charge in [-0.1, -0.05) is 43.5 Å². The molecule has 24 heavy (non-hydrogen) atoms. The van der Waals surface area contributed by atoms with E-state index in [1.165, 1.54) is 6.42 Å². The first-order chi connectivity index (χ1) is 11.7. The van der Waals surface area contributed by atoms with Crippen molar-refractivity contribution in [1.29, 1.82) is 0 Å². The number of unbranched alkanes of at least 4 members (excludes halogenated alkanes) is 2. The summed E-state index contributed by atoms with van der Waals surface area (Å²) in [5, 5.41) is 4.57. The molecule has 0 aliphatic carbocycles. The molecule has 0 aliphatic rings. The molecule has 1 N–H and O–H groups in total. The van der Waals surface area contributed by atoms with Crippen molar-refractivity contribution in [2.45, 2.75) is 26.2 Å². The zero-order valence-corrected chi connectivity index (χ0v) is 14.4. The van der Waals surface area contributed by atoms with Crippen LogP contribution in [0.2, 0.25) is 5.02 Å². The summed E-state index contributed by atoms with van der Waals surface area (Å²) in [6.45, 7) is 2.87. The molecular formula is C19H21ClN2O2. The molecular weight excluding hydrogens is 324 g/mol. The molecule has 4 nitrogen and oxygen atoms in total. The fourth-order valence-corrected chi connectivity index (χ4v) is 2.18. The van der Waals surface area contributed by atoms with Crippen LogP contribution in [0.1, 0.15) is 42.1 Å². The highest BCUT2D eigenvalue weighted by atomic mass is 35.5. The van der Waals surface area contributed by atoms with Gasteiger partial charge < -0.3 is 4.74 Å². The van der Waals surface area contributed by atoms with E-state index < -0.39 is 0 Å². The standard InChI is InChI=1S/C19H21ClN2O2/c1-2-3-4-12-24-18-7-5-6-15(13-18)14-21-22-19(23)16-8-10-17(20)11-9-16/h5-11,13-14H,2-4,12H2,1H3,(H,22,23)/b21-14+. The number of hydrogen-bond donors (Lipinski definition) is 1. The van der Waals surface area contributed by atoms with Crippen LogP contribution in [0.4, 0.5) is 0 Å². The number of amides is 1. The molecule has 2 aromatic rings. The topological polar surface area (TPSA) is 50.7 Å². The Bertz CT molecular complexity index is 684. The fourth-order valence-electron chi connectivity index (χ4n) is 2.06. The zero-order valence-electron chi connectivity index (χ0n) is 13.7. The van der Waals surface area contributed by atoms with Gasteiger partial charge in [-0.25, -0.2) is 5.43 Å². The summed E-state index contributed by atoms with van der Waals surface area (Å²) in [7, 11) is 0. The summed E-state index contributed by atoms with van der Waals surface area (Å²) in [4.78, 5) is 11.9. The number of halogens is 1. The van der Waals surface area contributed by atoms with Crippen molar-refractivity contribution < 1.29 is 9.53 Å². The molecule has 0 aromatic heterocycles. The maximum absolute atomic E-state index is 11.9. The molecule has 0 saturated carbocycles. The van der Waals surface area contributed by atoms with Gasteiger partial charge in [-0.05, 0) is 48.4 Å². The predicted molar refractivity (Wildman–Crippen MR) is 98.0 cm³/mol. The number of hydrogen-bond acceptors (Lipinski definition) is 3. The smallest absolute Gasteiger partial charge is 0.271 e. The number of nitrogens with zero attached hydrogens (tertiary/aromatic N) is 1. The number of hydrazone groups is 1. The van der Waals surface area contributed by atoms with Gasteiger partial charge in [0.25, 0.3) is 5.91 Å². The summed E-state index contributed by atoms with van der Waals surface area (Å²) < 4.78 is 5.70. The number of ether oxygens (including phenoxy) is 1. The molecule has 0 spiro atoms. The Labute approximate surface area is 147 Å².